The molecule has 0 bridgehead atoms. The number of nitrogens with one attached hydrogen (secondary N) is 2. The van der Waals surface area contributed by atoms with Gasteiger partial charge in [-0.15, -0.1) is 0 Å². The molecule has 1 aliphatic heterocycles. The lowest BCUT2D eigenvalue weighted by Crippen LogP contribution is -2.46. The minimum absolute atomic E-state index is 0.00120. The summed E-state index contributed by atoms with van der Waals surface area (Å²) in [6, 6.07) is 2.72. The fourth-order valence-corrected chi connectivity index (χ4v) is 3.77. The third-order valence-corrected chi connectivity index (χ3v) is 6.26. The molecule has 0 aromatic heterocycles. The average molecular weight is 521 g/mol. The van der Waals surface area contributed by atoms with E-state index in [9.17, 15) is 29.1 Å². The van der Waals surface area contributed by atoms with E-state index in [1.165, 1.54) is 25.1 Å². The fraction of sp³-hybridized carbons (Fsp3) is 0.577. The predicted molar refractivity (Wildman–Crippen MR) is 132 cm³/mol. The number of carbonyl (C=O) groups excluding carboxylic acids is 5. The van der Waals surface area contributed by atoms with Crippen LogP contribution >= 0.6 is 0 Å². The molecule has 11 nitrogen and oxygen atoms in total. The normalized spacial score (nSPS) is 23.0. The molecule has 0 aliphatic carbocycles. The SMILES string of the molecule is CCC(C)C(=O)OC1C(C)OC(=O)C(NC(=O)c2cccc(NC=O)c2O)COC(=O)C1CCC(C)C. The van der Waals surface area contributed by atoms with E-state index in [4.69, 9.17) is 14.2 Å². The molecule has 1 fully saturated rings. The number of aromatic hydroxyl groups is 1. The van der Waals surface area contributed by atoms with E-state index in [2.05, 4.69) is 10.6 Å². The number of ether oxygens (including phenoxy) is 3. The van der Waals surface area contributed by atoms with Gasteiger partial charge in [0.1, 0.15) is 12.7 Å². The summed E-state index contributed by atoms with van der Waals surface area (Å²) < 4.78 is 16.6. The molecule has 1 saturated heterocycles. The number of para-hydroxylation sites is 1. The molecule has 11 heteroatoms. The van der Waals surface area contributed by atoms with Gasteiger partial charge in [-0.1, -0.05) is 40.2 Å². The van der Waals surface area contributed by atoms with Gasteiger partial charge in [0.05, 0.1) is 23.1 Å². The summed E-state index contributed by atoms with van der Waals surface area (Å²) in [7, 11) is 0. The molecule has 1 aromatic rings. The number of esters is 3. The van der Waals surface area contributed by atoms with Crippen molar-refractivity contribution in [2.24, 2.45) is 17.8 Å². The minimum Gasteiger partial charge on any atom is -0.505 e. The number of cyclic esters (lactones) is 2. The van der Waals surface area contributed by atoms with Crippen molar-refractivity contribution in [3.8, 4) is 5.75 Å². The van der Waals surface area contributed by atoms with Gasteiger partial charge in [-0.25, -0.2) is 4.79 Å². The van der Waals surface area contributed by atoms with E-state index in [1.54, 1.807) is 6.92 Å². The summed E-state index contributed by atoms with van der Waals surface area (Å²) in [6.07, 6.45) is -0.211. The second-order valence-corrected chi connectivity index (χ2v) is 9.55. The van der Waals surface area contributed by atoms with E-state index >= 15 is 0 Å². The second kappa shape index (κ2) is 13.6. The summed E-state index contributed by atoms with van der Waals surface area (Å²) >= 11 is 0. The number of amides is 2. The van der Waals surface area contributed by atoms with Crippen LogP contribution in [0.3, 0.4) is 0 Å². The van der Waals surface area contributed by atoms with Crippen LogP contribution < -0.4 is 10.6 Å². The Morgan fingerprint density at radius 2 is 1.92 bits per heavy atom. The Bertz CT molecular complexity index is 994. The Morgan fingerprint density at radius 1 is 1.22 bits per heavy atom. The molecule has 1 heterocycles. The molecule has 1 aromatic carbocycles. The lowest BCUT2D eigenvalue weighted by Gasteiger charge is -2.30. The molecule has 0 spiro atoms. The molecular weight excluding hydrogens is 484 g/mol. The predicted octanol–water partition coefficient (Wildman–Crippen LogP) is 2.56. The van der Waals surface area contributed by atoms with Crippen molar-refractivity contribution in [2.75, 3.05) is 11.9 Å². The van der Waals surface area contributed by atoms with Crippen LogP contribution in [0.1, 0.15) is 64.2 Å². The standard InChI is InChI=1S/C26H36N2O9/c1-6-15(4)24(32)37-22-16(5)36-26(34)20(12-35-25(33)18(22)11-10-14(2)3)28-23(31)17-8-7-9-19(21(17)30)27-13-29/h7-9,13-16,18,20,22,30H,6,10-12H2,1-5H3,(H,27,29)(H,28,31). The minimum atomic E-state index is -1.39. The van der Waals surface area contributed by atoms with Gasteiger partial charge in [0.2, 0.25) is 6.41 Å². The average Bonchev–Trinajstić information content (AvgIpc) is 2.88. The van der Waals surface area contributed by atoms with Crippen LogP contribution in [0.2, 0.25) is 0 Å². The Kier molecular flexibility index (Phi) is 10.9. The summed E-state index contributed by atoms with van der Waals surface area (Å²) in [5.74, 6) is -4.47. The maximum absolute atomic E-state index is 13.1. The number of phenols is 1. The molecule has 1 aliphatic rings. The molecule has 204 valence electrons. The fourth-order valence-electron chi connectivity index (χ4n) is 3.77. The molecule has 3 N–H and O–H groups in total. The zero-order valence-electron chi connectivity index (χ0n) is 21.8. The van der Waals surface area contributed by atoms with Crippen LogP contribution in [0.25, 0.3) is 0 Å². The summed E-state index contributed by atoms with van der Waals surface area (Å²) in [5, 5.41) is 15.0. The molecule has 0 radical (unpaired) electrons. The van der Waals surface area contributed by atoms with Crippen molar-refractivity contribution in [3.05, 3.63) is 23.8 Å². The smallest absolute Gasteiger partial charge is 0.332 e. The van der Waals surface area contributed by atoms with Crippen LogP contribution in [0.15, 0.2) is 18.2 Å². The van der Waals surface area contributed by atoms with Crippen LogP contribution in [-0.2, 0) is 33.4 Å². The number of rotatable bonds is 10. The second-order valence-electron chi connectivity index (χ2n) is 9.55. The molecule has 2 amide bonds. The Labute approximate surface area is 216 Å². The lowest BCUT2D eigenvalue weighted by molar-refractivity contribution is -0.177. The van der Waals surface area contributed by atoms with Crippen LogP contribution in [0.4, 0.5) is 5.69 Å². The van der Waals surface area contributed by atoms with Gasteiger partial charge in [0, 0.05) is 0 Å². The topological polar surface area (TPSA) is 157 Å². The van der Waals surface area contributed by atoms with Crippen molar-refractivity contribution in [1.29, 1.82) is 0 Å². The number of hydrogen-bond acceptors (Lipinski definition) is 9. The molecule has 5 atom stereocenters. The van der Waals surface area contributed by atoms with E-state index in [1.807, 2.05) is 20.8 Å². The van der Waals surface area contributed by atoms with Gasteiger partial charge in [0.25, 0.3) is 5.91 Å². The first kappa shape index (κ1) is 29.6. The van der Waals surface area contributed by atoms with Crippen molar-refractivity contribution in [1.82, 2.24) is 5.32 Å². The quantitative estimate of drug-likeness (QED) is 0.182. The van der Waals surface area contributed by atoms with Gasteiger partial charge in [-0.2, -0.15) is 0 Å². The molecule has 37 heavy (non-hydrogen) atoms. The molecule has 5 unspecified atom stereocenters. The summed E-state index contributed by atoms with van der Waals surface area (Å²) in [6.45, 7) is 8.52. The van der Waals surface area contributed by atoms with Gasteiger partial charge in [0.15, 0.2) is 17.9 Å². The van der Waals surface area contributed by atoms with Gasteiger partial charge in [-0.3, -0.25) is 19.2 Å². The maximum Gasteiger partial charge on any atom is 0.332 e. The van der Waals surface area contributed by atoms with Crippen LogP contribution in [0.5, 0.6) is 5.75 Å². The summed E-state index contributed by atoms with van der Waals surface area (Å²) in [4.78, 5) is 62.2. The number of benzene rings is 1. The van der Waals surface area contributed by atoms with Crippen molar-refractivity contribution in [2.45, 2.75) is 72.1 Å². The molecule has 2 rings (SSSR count). The zero-order chi connectivity index (χ0) is 27.7. The lowest BCUT2D eigenvalue weighted by atomic mass is 9.90. The van der Waals surface area contributed by atoms with Crippen molar-refractivity contribution in [3.63, 3.8) is 0 Å². The molecule has 0 saturated carbocycles. The van der Waals surface area contributed by atoms with Gasteiger partial charge in [-0.05, 0) is 37.8 Å². The third-order valence-electron chi connectivity index (χ3n) is 6.26. The zero-order valence-corrected chi connectivity index (χ0v) is 21.8. The van der Waals surface area contributed by atoms with E-state index in [0.29, 0.717) is 25.7 Å². The number of carbonyl (C=O) groups is 5. The van der Waals surface area contributed by atoms with Gasteiger partial charge < -0.3 is 30.0 Å². The van der Waals surface area contributed by atoms with Gasteiger partial charge >= 0.3 is 17.9 Å². The third kappa shape index (κ3) is 7.93. The Hall–Kier alpha value is -3.63. The number of hydrogen-bond donors (Lipinski definition) is 3. The first-order valence-corrected chi connectivity index (χ1v) is 12.4. The number of anilines is 1. The first-order chi connectivity index (χ1) is 17.5. The largest absolute Gasteiger partial charge is 0.505 e. The Morgan fingerprint density at radius 3 is 2.54 bits per heavy atom. The highest BCUT2D eigenvalue weighted by Crippen LogP contribution is 2.28. The highest BCUT2D eigenvalue weighted by Gasteiger charge is 2.42. The van der Waals surface area contributed by atoms with E-state index < -0.39 is 66.3 Å². The van der Waals surface area contributed by atoms with Crippen LogP contribution in [-0.4, -0.2) is 60.2 Å². The first-order valence-electron chi connectivity index (χ1n) is 12.4. The summed E-state index contributed by atoms with van der Waals surface area (Å²) in [5.41, 5.74) is -0.215. The Balaban J connectivity index is 2.30. The van der Waals surface area contributed by atoms with Crippen molar-refractivity contribution >= 4 is 35.9 Å². The van der Waals surface area contributed by atoms with E-state index in [0.717, 1.165) is 0 Å². The van der Waals surface area contributed by atoms with Crippen LogP contribution in [0, 0.1) is 17.8 Å². The number of phenolic OH excluding ortho intramolecular Hbond substituents is 1. The van der Waals surface area contributed by atoms with E-state index in [-0.39, 0.29) is 17.2 Å². The molecular formula is C26H36N2O9. The highest BCUT2D eigenvalue weighted by molar-refractivity contribution is 6.01. The monoisotopic (exact) mass is 520 g/mol. The highest BCUT2D eigenvalue weighted by atomic mass is 16.6. The maximum atomic E-state index is 13.1. The van der Waals surface area contributed by atoms with Crippen molar-refractivity contribution < 1.29 is 43.3 Å².